The van der Waals surface area contributed by atoms with Crippen LogP contribution in [0.3, 0.4) is 0 Å². The van der Waals surface area contributed by atoms with E-state index in [1.54, 1.807) is 0 Å². The van der Waals surface area contributed by atoms with Gasteiger partial charge in [-0.05, 0) is 39.5 Å². The van der Waals surface area contributed by atoms with Crippen LogP contribution < -0.4 is 0 Å². The molecule has 3 rings (SSSR count). The van der Waals surface area contributed by atoms with Crippen molar-refractivity contribution in [1.82, 2.24) is 4.90 Å². The lowest BCUT2D eigenvalue weighted by Gasteiger charge is -2.57. The Kier molecular flexibility index (Phi) is 3.79. The minimum Gasteiger partial charge on any atom is -0.378 e. The van der Waals surface area contributed by atoms with Crippen LogP contribution in [-0.2, 0) is 9.53 Å². The molecule has 120 valence electrons. The van der Waals surface area contributed by atoms with E-state index in [4.69, 9.17) is 27.9 Å². The van der Waals surface area contributed by atoms with Gasteiger partial charge in [0.1, 0.15) is 4.33 Å². The summed E-state index contributed by atoms with van der Waals surface area (Å²) in [6.07, 6.45) is 6.65. The molecule has 1 amide bonds. The highest BCUT2D eigenvalue weighted by Crippen LogP contribution is 2.65. The summed E-state index contributed by atoms with van der Waals surface area (Å²) in [5.41, 5.74) is -0.436. The van der Waals surface area contributed by atoms with E-state index in [1.807, 2.05) is 25.8 Å². The number of ether oxygens (including phenoxy) is 1. The molecule has 21 heavy (non-hydrogen) atoms. The van der Waals surface area contributed by atoms with Gasteiger partial charge in [0, 0.05) is 25.1 Å². The van der Waals surface area contributed by atoms with E-state index in [1.165, 1.54) is 25.7 Å². The van der Waals surface area contributed by atoms with Crippen LogP contribution in [0.2, 0.25) is 0 Å². The molecule has 0 N–H and O–H groups in total. The highest BCUT2D eigenvalue weighted by molar-refractivity contribution is 6.53. The van der Waals surface area contributed by atoms with Crippen LogP contribution in [-0.4, -0.2) is 40.9 Å². The first-order valence-electron chi connectivity index (χ1n) is 8.05. The molecule has 3 aliphatic carbocycles. The summed E-state index contributed by atoms with van der Waals surface area (Å²) in [5.74, 6) is 0.0960. The molecule has 0 aromatic heterocycles. The zero-order valence-corrected chi connectivity index (χ0v) is 14.6. The van der Waals surface area contributed by atoms with Gasteiger partial charge in [0.2, 0.25) is 5.91 Å². The number of hydrogen-bond acceptors (Lipinski definition) is 2. The number of halogens is 2. The SMILES string of the molecule is CCO[C@@H]1C[C@@H](N(C)C(=O)[C@@]2(C)CC2(Cl)Cl)C12CCCC2. The third kappa shape index (κ3) is 2.14. The van der Waals surface area contributed by atoms with Crippen molar-refractivity contribution in [3.8, 4) is 0 Å². The van der Waals surface area contributed by atoms with Crippen LogP contribution >= 0.6 is 23.2 Å². The summed E-state index contributed by atoms with van der Waals surface area (Å²) < 4.78 is 5.04. The third-order valence-corrected chi connectivity index (χ3v) is 7.26. The first kappa shape index (κ1) is 15.9. The predicted molar refractivity (Wildman–Crippen MR) is 84.7 cm³/mol. The molecular weight excluding hydrogens is 309 g/mol. The second kappa shape index (κ2) is 5.01. The lowest BCUT2D eigenvalue weighted by atomic mass is 9.60. The summed E-state index contributed by atoms with van der Waals surface area (Å²) in [6, 6.07) is 0.283. The first-order valence-corrected chi connectivity index (χ1v) is 8.81. The average Bonchev–Trinajstić information content (AvgIpc) is 2.85. The third-order valence-electron chi connectivity index (χ3n) is 6.16. The maximum atomic E-state index is 12.8. The maximum Gasteiger partial charge on any atom is 0.231 e. The summed E-state index contributed by atoms with van der Waals surface area (Å²) in [7, 11) is 1.92. The molecule has 0 radical (unpaired) electrons. The highest BCUT2D eigenvalue weighted by atomic mass is 35.5. The first-order chi connectivity index (χ1) is 9.78. The number of hydrogen-bond donors (Lipinski definition) is 0. The molecule has 3 nitrogen and oxygen atoms in total. The van der Waals surface area contributed by atoms with E-state index in [2.05, 4.69) is 0 Å². The number of carbonyl (C=O) groups is 1. The number of rotatable bonds is 4. The normalized spacial score (nSPS) is 39.1. The summed E-state index contributed by atoms with van der Waals surface area (Å²) in [5, 5.41) is 0. The van der Waals surface area contributed by atoms with Crippen LogP contribution in [0.25, 0.3) is 0 Å². The monoisotopic (exact) mass is 333 g/mol. The molecule has 0 unspecified atom stereocenters. The van der Waals surface area contributed by atoms with Gasteiger partial charge in [0.25, 0.3) is 0 Å². The minimum atomic E-state index is -0.885. The molecule has 3 atom stereocenters. The number of carbonyl (C=O) groups excluding carboxylic acids is 1. The van der Waals surface area contributed by atoms with Crippen molar-refractivity contribution in [2.24, 2.45) is 10.8 Å². The Bertz CT molecular complexity index is 448. The van der Waals surface area contributed by atoms with E-state index < -0.39 is 9.75 Å². The van der Waals surface area contributed by atoms with Crippen molar-refractivity contribution < 1.29 is 9.53 Å². The van der Waals surface area contributed by atoms with Gasteiger partial charge >= 0.3 is 0 Å². The Labute approximate surface area is 137 Å². The standard InChI is InChI=1S/C16H25Cl2NO2/c1-4-21-12-9-11(15(12)7-5-6-8-15)19(3)13(20)14(2)10-16(14,17)18/h11-12H,4-10H2,1-3H3/t11-,12-,14-/m1/s1. The van der Waals surface area contributed by atoms with Gasteiger partial charge in [-0.3, -0.25) is 4.79 Å². The van der Waals surface area contributed by atoms with Crippen molar-refractivity contribution >= 4 is 29.1 Å². The fourth-order valence-corrected chi connectivity index (χ4v) is 5.25. The molecular formula is C16H25Cl2NO2. The Balaban J connectivity index is 1.74. The Morgan fingerprint density at radius 1 is 1.33 bits per heavy atom. The van der Waals surface area contributed by atoms with Gasteiger partial charge in [0.05, 0.1) is 11.5 Å². The second-order valence-corrected chi connectivity index (χ2v) is 8.75. The van der Waals surface area contributed by atoms with Gasteiger partial charge < -0.3 is 9.64 Å². The van der Waals surface area contributed by atoms with E-state index in [0.717, 1.165) is 13.0 Å². The minimum absolute atomic E-state index is 0.0960. The molecule has 0 aromatic rings. The van der Waals surface area contributed by atoms with Crippen molar-refractivity contribution in [2.45, 2.75) is 68.9 Å². The Morgan fingerprint density at radius 2 is 1.90 bits per heavy atom. The Morgan fingerprint density at radius 3 is 2.38 bits per heavy atom. The molecule has 5 heteroatoms. The largest absolute Gasteiger partial charge is 0.378 e. The van der Waals surface area contributed by atoms with Gasteiger partial charge in [0.15, 0.2) is 0 Å². The second-order valence-electron chi connectivity index (χ2n) is 7.27. The van der Waals surface area contributed by atoms with Crippen LogP contribution in [0.1, 0.15) is 52.4 Å². The molecule has 3 aliphatic rings. The fraction of sp³-hybridized carbons (Fsp3) is 0.938. The van der Waals surface area contributed by atoms with Crippen LogP contribution in [0.5, 0.6) is 0 Å². The fourth-order valence-electron chi connectivity index (χ4n) is 4.56. The summed E-state index contributed by atoms with van der Waals surface area (Å²) in [4.78, 5) is 14.7. The molecule has 0 heterocycles. The molecule has 3 saturated carbocycles. The van der Waals surface area contributed by atoms with Crippen LogP contribution in [0.4, 0.5) is 0 Å². The molecule has 0 aliphatic heterocycles. The number of amides is 1. The van der Waals surface area contributed by atoms with Crippen LogP contribution in [0.15, 0.2) is 0 Å². The van der Waals surface area contributed by atoms with E-state index >= 15 is 0 Å². The van der Waals surface area contributed by atoms with Crippen molar-refractivity contribution in [2.75, 3.05) is 13.7 Å². The van der Waals surface area contributed by atoms with E-state index in [9.17, 15) is 4.79 Å². The molecule has 0 bridgehead atoms. The molecule has 0 saturated heterocycles. The predicted octanol–water partition coefficient (Wildman–Crippen LogP) is 3.77. The van der Waals surface area contributed by atoms with Gasteiger partial charge in [-0.2, -0.15) is 0 Å². The zero-order chi connectivity index (χ0) is 15.5. The average molecular weight is 334 g/mol. The Hall–Kier alpha value is 0.01000. The highest BCUT2D eigenvalue weighted by Gasteiger charge is 2.70. The van der Waals surface area contributed by atoms with Crippen molar-refractivity contribution in [3.63, 3.8) is 0 Å². The maximum absolute atomic E-state index is 12.8. The quantitative estimate of drug-likeness (QED) is 0.733. The van der Waals surface area contributed by atoms with Crippen LogP contribution in [0, 0.1) is 10.8 Å². The number of nitrogens with zero attached hydrogens (tertiary/aromatic N) is 1. The van der Waals surface area contributed by atoms with Gasteiger partial charge in [-0.25, -0.2) is 0 Å². The summed E-state index contributed by atoms with van der Waals surface area (Å²) in [6.45, 7) is 4.68. The number of alkyl halides is 2. The summed E-state index contributed by atoms with van der Waals surface area (Å²) >= 11 is 12.4. The van der Waals surface area contributed by atoms with Gasteiger partial charge in [-0.15, -0.1) is 23.2 Å². The lowest BCUT2D eigenvalue weighted by molar-refractivity contribution is -0.175. The lowest BCUT2D eigenvalue weighted by Crippen LogP contribution is -2.64. The van der Waals surface area contributed by atoms with E-state index in [-0.39, 0.29) is 17.4 Å². The van der Waals surface area contributed by atoms with Crippen molar-refractivity contribution in [1.29, 1.82) is 0 Å². The zero-order valence-electron chi connectivity index (χ0n) is 13.1. The topological polar surface area (TPSA) is 29.5 Å². The van der Waals surface area contributed by atoms with Crippen molar-refractivity contribution in [3.05, 3.63) is 0 Å². The molecule has 0 aromatic carbocycles. The van der Waals surface area contributed by atoms with E-state index in [0.29, 0.717) is 12.5 Å². The molecule has 1 spiro atoms. The molecule has 3 fully saturated rings. The van der Waals surface area contributed by atoms with Gasteiger partial charge in [-0.1, -0.05) is 12.8 Å². The smallest absolute Gasteiger partial charge is 0.231 e.